The lowest BCUT2D eigenvalue weighted by Crippen LogP contribution is -2.32. The zero-order chi connectivity index (χ0) is 14.4. The van der Waals surface area contributed by atoms with Crippen LogP contribution in [0.15, 0.2) is 18.2 Å². The van der Waals surface area contributed by atoms with Gasteiger partial charge in [-0.25, -0.2) is 4.39 Å². The predicted molar refractivity (Wildman–Crippen MR) is 73.4 cm³/mol. The second-order valence-corrected chi connectivity index (χ2v) is 6.72. The Morgan fingerprint density at radius 1 is 1.32 bits per heavy atom. The number of ether oxygens (including phenoxy) is 1. The van der Waals surface area contributed by atoms with Crippen LogP contribution >= 0.6 is 0 Å². The standard InChI is InChI=1S/C16H23FO2/c1-10-6-7-11(17)8-12(10)14(18)13-9-15(2,3)19-16(13,4)5/h6-8,13-14,18H,9H2,1-5H3. The number of aryl methyl sites for hydroxylation is 1. The lowest BCUT2D eigenvalue weighted by molar-refractivity contribution is -0.0881. The monoisotopic (exact) mass is 266 g/mol. The van der Waals surface area contributed by atoms with E-state index in [-0.39, 0.29) is 17.3 Å². The van der Waals surface area contributed by atoms with Crippen molar-refractivity contribution in [2.24, 2.45) is 5.92 Å². The minimum absolute atomic E-state index is 0.0389. The van der Waals surface area contributed by atoms with Crippen LogP contribution in [0.3, 0.4) is 0 Å². The first-order valence-electron chi connectivity index (χ1n) is 6.77. The zero-order valence-corrected chi connectivity index (χ0v) is 12.3. The fourth-order valence-electron chi connectivity index (χ4n) is 3.24. The highest BCUT2D eigenvalue weighted by molar-refractivity contribution is 5.29. The van der Waals surface area contributed by atoms with E-state index in [4.69, 9.17) is 4.74 Å². The van der Waals surface area contributed by atoms with Crippen molar-refractivity contribution >= 4 is 0 Å². The molecule has 0 amide bonds. The second-order valence-electron chi connectivity index (χ2n) is 6.72. The number of hydrogen-bond acceptors (Lipinski definition) is 2. The molecule has 2 nitrogen and oxygen atoms in total. The summed E-state index contributed by atoms with van der Waals surface area (Å²) in [7, 11) is 0. The minimum Gasteiger partial charge on any atom is -0.388 e. The molecule has 1 aromatic rings. The summed E-state index contributed by atoms with van der Waals surface area (Å²) in [6.07, 6.45) is 0.0596. The largest absolute Gasteiger partial charge is 0.388 e. The van der Waals surface area contributed by atoms with E-state index in [2.05, 4.69) is 0 Å². The molecule has 19 heavy (non-hydrogen) atoms. The van der Waals surface area contributed by atoms with Gasteiger partial charge in [-0.3, -0.25) is 0 Å². The first-order valence-corrected chi connectivity index (χ1v) is 6.77. The lowest BCUT2D eigenvalue weighted by atomic mass is 9.79. The van der Waals surface area contributed by atoms with Crippen LogP contribution in [-0.4, -0.2) is 16.3 Å². The maximum absolute atomic E-state index is 13.4. The molecule has 1 saturated heterocycles. The van der Waals surface area contributed by atoms with Gasteiger partial charge in [0.15, 0.2) is 0 Å². The van der Waals surface area contributed by atoms with Gasteiger partial charge in [-0.05, 0) is 64.3 Å². The van der Waals surface area contributed by atoms with E-state index in [0.717, 1.165) is 12.0 Å². The Morgan fingerprint density at radius 2 is 1.95 bits per heavy atom. The predicted octanol–water partition coefficient (Wildman–Crippen LogP) is 3.76. The topological polar surface area (TPSA) is 29.5 Å². The fourth-order valence-corrected chi connectivity index (χ4v) is 3.24. The molecule has 0 saturated carbocycles. The number of aliphatic hydroxyl groups excluding tert-OH is 1. The third-order valence-electron chi connectivity index (χ3n) is 4.08. The fraction of sp³-hybridized carbons (Fsp3) is 0.625. The van der Waals surface area contributed by atoms with Gasteiger partial charge in [0.1, 0.15) is 5.82 Å². The van der Waals surface area contributed by atoms with Gasteiger partial charge in [-0.15, -0.1) is 0 Å². The van der Waals surface area contributed by atoms with Gasteiger partial charge < -0.3 is 9.84 Å². The molecule has 2 atom stereocenters. The molecule has 0 aliphatic carbocycles. The van der Waals surface area contributed by atoms with E-state index in [1.807, 2.05) is 34.6 Å². The molecule has 1 N–H and O–H groups in total. The molecule has 0 aromatic heterocycles. The molecule has 0 bridgehead atoms. The Bertz CT molecular complexity index is 480. The highest BCUT2D eigenvalue weighted by Gasteiger charge is 2.49. The molecule has 106 valence electrons. The Balaban J connectivity index is 2.34. The summed E-state index contributed by atoms with van der Waals surface area (Å²) >= 11 is 0. The van der Waals surface area contributed by atoms with Crippen molar-refractivity contribution in [2.75, 3.05) is 0 Å². The average molecular weight is 266 g/mol. The van der Waals surface area contributed by atoms with Crippen molar-refractivity contribution in [2.45, 2.75) is 58.3 Å². The number of aliphatic hydroxyl groups is 1. The first-order chi connectivity index (χ1) is 8.62. The zero-order valence-electron chi connectivity index (χ0n) is 12.3. The third kappa shape index (κ3) is 2.82. The molecule has 1 fully saturated rings. The maximum atomic E-state index is 13.4. The van der Waals surface area contributed by atoms with Crippen LogP contribution < -0.4 is 0 Å². The molecule has 1 heterocycles. The SMILES string of the molecule is Cc1ccc(F)cc1C(O)C1CC(C)(C)OC1(C)C. The number of halogens is 1. The normalized spacial score (nSPS) is 26.4. The van der Waals surface area contributed by atoms with Gasteiger partial charge in [-0.2, -0.15) is 0 Å². The van der Waals surface area contributed by atoms with Gasteiger partial charge in [0.2, 0.25) is 0 Å². The molecule has 2 rings (SSSR count). The third-order valence-corrected chi connectivity index (χ3v) is 4.08. The van der Waals surface area contributed by atoms with Gasteiger partial charge in [-0.1, -0.05) is 6.07 Å². The molecule has 2 unspecified atom stereocenters. The summed E-state index contributed by atoms with van der Waals surface area (Å²) in [5.41, 5.74) is 0.909. The summed E-state index contributed by atoms with van der Waals surface area (Å²) in [5, 5.41) is 10.6. The summed E-state index contributed by atoms with van der Waals surface area (Å²) < 4.78 is 19.4. The van der Waals surface area contributed by atoms with Crippen molar-refractivity contribution in [3.8, 4) is 0 Å². The molecule has 0 radical (unpaired) electrons. The lowest BCUT2D eigenvalue weighted by Gasteiger charge is -2.31. The van der Waals surface area contributed by atoms with Crippen LogP contribution in [0.1, 0.15) is 51.3 Å². The van der Waals surface area contributed by atoms with Crippen molar-refractivity contribution in [3.63, 3.8) is 0 Å². The van der Waals surface area contributed by atoms with Crippen LogP contribution in [0, 0.1) is 18.7 Å². The van der Waals surface area contributed by atoms with E-state index in [1.165, 1.54) is 12.1 Å². The minimum atomic E-state index is -0.701. The molecular weight excluding hydrogens is 243 g/mol. The van der Waals surface area contributed by atoms with Gasteiger partial charge >= 0.3 is 0 Å². The van der Waals surface area contributed by atoms with E-state index in [1.54, 1.807) is 6.07 Å². The highest BCUT2D eigenvalue weighted by Crippen LogP contribution is 2.48. The number of rotatable bonds is 2. The molecule has 1 aliphatic heterocycles. The Labute approximate surface area is 114 Å². The van der Waals surface area contributed by atoms with Crippen LogP contribution in [0.2, 0.25) is 0 Å². The van der Waals surface area contributed by atoms with Crippen LogP contribution in [0.25, 0.3) is 0 Å². The Kier molecular flexibility index (Phi) is 3.48. The van der Waals surface area contributed by atoms with E-state index in [0.29, 0.717) is 5.56 Å². The summed E-state index contributed by atoms with van der Waals surface area (Å²) in [6.45, 7) is 9.93. The molecule has 0 spiro atoms. The Hall–Kier alpha value is -0.930. The van der Waals surface area contributed by atoms with E-state index >= 15 is 0 Å². The Morgan fingerprint density at radius 3 is 2.47 bits per heavy atom. The number of hydrogen-bond donors (Lipinski definition) is 1. The van der Waals surface area contributed by atoms with Crippen molar-refractivity contribution in [1.82, 2.24) is 0 Å². The molecule has 1 aromatic carbocycles. The van der Waals surface area contributed by atoms with Gasteiger partial charge in [0.05, 0.1) is 17.3 Å². The number of benzene rings is 1. The van der Waals surface area contributed by atoms with Crippen molar-refractivity contribution in [3.05, 3.63) is 35.1 Å². The van der Waals surface area contributed by atoms with E-state index < -0.39 is 11.7 Å². The van der Waals surface area contributed by atoms with E-state index in [9.17, 15) is 9.50 Å². The summed E-state index contributed by atoms with van der Waals surface area (Å²) in [4.78, 5) is 0. The smallest absolute Gasteiger partial charge is 0.123 e. The molecular formula is C16H23FO2. The van der Waals surface area contributed by atoms with Crippen molar-refractivity contribution < 1.29 is 14.2 Å². The highest BCUT2D eigenvalue weighted by atomic mass is 19.1. The first kappa shape index (κ1) is 14.5. The van der Waals surface area contributed by atoms with Gasteiger partial charge in [0.25, 0.3) is 0 Å². The van der Waals surface area contributed by atoms with Crippen molar-refractivity contribution in [1.29, 1.82) is 0 Å². The second kappa shape index (κ2) is 4.57. The van der Waals surface area contributed by atoms with Crippen LogP contribution in [-0.2, 0) is 4.74 Å². The van der Waals surface area contributed by atoms with Gasteiger partial charge in [0, 0.05) is 5.92 Å². The quantitative estimate of drug-likeness (QED) is 0.883. The summed E-state index contributed by atoms with van der Waals surface area (Å²) in [5.74, 6) is -0.348. The van der Waals surface area contributed by atoms with Crippen LogP contribution in [0.4, 0.5) is 4.39 Å². The molecule has 3 heteroatoms. The summed E-state index contributed by atoms with van der Waals surface area (Å²) in [6, 6.07) is 4.56. The van der Waals surface area contributed by atoms with Crippen LogP contribution in [0.5, 0.6) is 0 Å². The average Bonchev–Trinajstić information content (AvgIpc) is 2.49. The molecule has 1 aliphatic rings. The maximum Gasteiger partial charge on any atom is 0.123 e.